The lowest BCUT2D eigenvalue weighted by Gasteiger charge is -2.28. The monoisotopic (exact) mass is 274 g/mol. The predicted octanol–water partition coefficient (Wildman–Crippen LogP) is 4.09. The molecular weight excluding hydrogens is 258 g/mol. The van der Waals surface area contributed by atoms with Crippen molar-refractivity contribution in [3.63, 3.8) is 0 Å². The Bertz CT molecular complexity index is 620. The van der Waals surface area contributed by atoms with Crippen LogP contribution in [0.3, 0.4) is 0 Å². The zero-order valence-corrected chi connectivity index (χ0v) is 11.3. The van der Waals surface area contributed by atoms with Crippen molar-refractivity contribution >= 4 is 17.1 Å². The first-order valence-electron chi connectivity index (χ1n) is 6.70. The third-order valence-corrected chi connectivity index (χ3v) is 3.66. The fourth-order valence-electron chi connectivity index (χ4n) is 2.62. The van der Waals surface area contributed by atoms with Gasteiger partial charge in [0, 0.05) is 25.0 Å². The van der Waals surface area contributed by atoms with Gasteiger partial charge in [0.2, 0.25) is 0 Å². The Labute approximate surface area is 117 Å². The first kappa shape index (κ1) is 12.9. The van der Waals surface area contributed by atoms with E-state index in [-0.39, 0.29) is 5.69 Å². The summed E-state index contributed by atoms with van der Waals surface area (Å²) in [5, 5.41) is 2.84. The van der Waals surface area contributed by atoms with Crippen LogP contribution in [0.2, 0.25) is 0 Å². The highest BCUT2D eigenvalue weighted by Crippen LogP contribution is 2.30. The second kappa shape index (κ2) is 5.12. The van der Waals surface area contributed by atoms with Gasteiger partial charge in [-0.15, -0.1) is 0 Å². The van der Waals surface area contributed by atoms with Crippen LogP contribution >= 0.6 is 0 Å². The van der Waals surface area contributed by atoms with Crippen LogP contribution < -0.4 is 10.2 Å². The average molecular weight is 274 g/mol. The molecule has 0 spiro atoms. The minimum atomic E-state index is -0.583. The lowest BCUT2D eigenvalue weighted by molar-refractivity contribution is 0.591. The third kappa shape index (κ3) is 2.33. The normalized spacial score (nSPS) is 14.1. The molecule has 20 heavy (non-hydrogen) atoms. The fraction of sp³-hybridized carbons (Fsp3) is 0.250. The molecule has 0 amide bonds. The van der Waals surface area contributed by atoms with Gasteiger partial charge >= 0.3 is 0 Å². The number of para-hydroxylation sites is 1. The topological polar surface area (TPSA) is 15.3 Å². The minimum Gasteiger partial charge on any atom is -0.374 e. The van der Waals surface area contributed by atoms with Gasteiger partial charge in [0.05, 0.1) is 0 Å². The lowest BCUT2D eigenvalue weighted by atomic mass is 10.0. The number of anilines is 3. The molecule has 2 nitrogen and oxygen atoms in total. The van der Waals surface area contributed by atoms with Crippen LogP contribution in [0.1, 0.15) is 12.0 Å². The van der Waals surface area contributed by atoms with Gasteiger partial charge in [-0.2, -0.15) is 0 Å². The Hall–Kier alpha value is -2.10. The van der Waals surface area contributed by atoms with E-state index in [0.717, 1.165) is 19.4 Å². The van der Waals surface area contributed by atoms with Gasteiger partial charge in [0.1, 0.15) is 17.3 Å². The van der Waals surface area contributed by atoms with Crippen molar-refractivity contribution in [2.45, 2.75) is 12.8 Å². The standard InChI is InChI=1S/C16H16F2N2/c1-20-9-3-4-11-10-12(7-8-15(11)20)19-16-13(17)5-2-6-14(16)18/h2,5-8,10,19H,3-4,9H2,1H3. The van der Waals surface area contributed by atoms with E-state index in [0.29, 0.717) is 5.69 Å². The van der Waals surface area contributed by atoms with Crippen molar-refractivity contribution < 1.29 is 8.78 Å². The summed E-state index contributed by atoms with van der Waals surface area (Å²) < 4.78 is 27.3. The van der Waals surface area contributed by atoms with E-state index in [4.69, 9.17) is 0 Å². The molecule has 0 aromatic heterocycles. The van der Waals surface area contributed by atoms with E-state index >= 15 is 0 Å². The summed E-state index contributed by atoms with van der Waals surface area (Å²) in [5.41, 5.74) is 3.01. The van der Waals surface area contributed by atoms with Crippen molar-refractivity contribution in [3.8, 4) is 0 Å². The minimum absolute atomic E-state index is 0.100. The summed E-state index contributed by atoms with van der Waals surface area (Å²) in [4.78, 5) is 2.20. The molecule has 0 bridgehead atoms. The molecule has 1 aliphatic rings. The number of aryl methyl sites for hydroxylation is 1. The van der Waals surface area contributed by atoms with Crippen molar-refractivity contribution in [1.82, 2.24) is 0 Å². The third-order valence-electron chi connectivity index (χ3n) is 3.66. The molecule has 3 rings (SSSR count). The molecule has 0 fully saturated rings. The van der Waals surface area contributed by atoms with Crippen LogP contribution in [0, 0.1) is 11.6 Å². The fourth-order valence-corrected chi connectivity index (χ4v) is 2.62. The molecule has 1 aliphatic heterocycles. The Morgan fingerprint density at radius 1 is 1.10 bits per heavy atom. The van der Waals surface area contributed by atoms with Gasteiger partial charge in [0.15, 0.2) is 0 Å². The summed E-state index contributed by atoms with van der Waals surface area (Å²) >= 11 is 0. The summed E-state index contributed by atoms with van der Waals surface area (Å²) in [6.45, 7) is 1.04. The summed E-state index contributed by atoms with van der Waals surface area (Å²) in [6, 6.07) is 9.67. The largest absolute Gasteiger partial charge is 0.374 e. The van der Waals surface area contributed by atoms with Crippen LogP contribution in [-0.4, -0.2) is 13.6 Å². The molecule has 0 atom stereocenters. The van der Waals surface area contributed by atoms with Crippen LogP contribution in [-0.2, 0) is 6.42 Å². The van der Waals surface area contributed by atoms with Crippen molar-refractivity contribution in [2.75, 3.05) is 23.8 Å². The molecule has 0 saturated carbocycles. The molecule has 104 valence electrons. The van der Waals surface area contributed by atoms with Crippen molar-refractivity contribution in [3.05, 3.63) is 53.6 Å². The van der Waals surface area contributed by atoms with Crippen LogP contribution in [0.25, 0.3) is 0 Å². The average Bonchev–Trinajstić information content (AvgIpc) is 2.43. The lowest BCUT2D eigenvalue weighted by Crippen LogP contribution is -2.24. The van der Waals surface area contributed by atoms with E-state index in [1.807, 2.05) is 18.2 Å². The number of nitrogens with zero attached hydrogens (tertiary/aromatic N) is 1. The van der Waals surface area contributed by atoms with E-state index in [1.54, 1.807) is 0 Å². The zero-order valence-electron chi connectivity index (χ0n) is 11.3. The number of halogens is 2. The van der Waals surface area contributed by atoms with Gasteiger partial charge in [-0.1, -0.05) is 6.07 Å². The molecule has 0 unspecified atom stereocenters. The van der Waals surface area contributed by atoms with E-state index < -0.39 is 11.6 Å². The maximum absolute atomic E-state index is 13.6. The van der Waals surface area contributed by atoms with Crippen molar-refractivity contribution in [1.29, 1.82) is 0 Å². The smallest absolute Gasteiger partial charge is 0.149 e. The quantitative estimate of drug-likeness (QED) is 0.887. The number of benzene rings is 2. The Morgan fingerprint density at radius 2 is 1.85 bits per heavy atom. The molecule has 0 saturated heterocycles. The Morgan fingerprint density at radius 3 is 2.60 bits per heavy atom. The number of hydrogen-bond acceptors (Lipinski definition) is 2. The molecule has 2 aromatic rings. The maximum atomic E-state index is 13.6. The number of nitrogens with one attached hydrogen (secondary N) is 1. The Kier molecular flexibility index (Phi) is 3.30. The molecule has 0 aliphatic carbocycles. The molecule has 1 N–H and O–H groups in total. The van der Waals surface area contributed by atoms with E-state index in [2.05, 4.69) is 17.3 Å². The van der Waals surface area contributed by atoms with E-state index in [9.17, 15) is 8.78 Å². The van der Waals surface area contributed by atoms with Gasteiger partial charge < -0.3 is 10.2 Å². The van der Waals surface area contributed by atoms with Gasteiger partial charge in [-0.3, -0.25) is 0 Å². The Balaban J connectivity index is 1.92. The molecular formula is C16H16F2N2. The molecule has 2 aromatic carbocycles. The SMILES string of the molecule is CN1CCCc2cc(Nc3c(F)cccc3F)ccc21. The number of rotatable bonds is 2. The second-order valence-electron chi connectivity index (χ2n) is 5.09. The van der Waals surface area contributed by atoms with Crippen LogP contribution in [0.5, 0.6) is 0 Å². The molecule has 0 radical (unpaired) electrons. The van der Waals surface area contributed by atoms with Crippen LogP contribution in [0.15, 0.2) is 36.4 Å². The number of hydrogen-bond donors (Lipinski definition) is 1. The number of fused-ring (bicyclic) bond motifs is 1. The second-order valence-corrected chi connectivity index (χ2v) is 5.09. The highest BCUT2D eigenvalue weighted by atomic mass is 19.1. The highest BCUT2D eigenvalue weighted by Gasteiger charge is 2.15. The van der Waals surface area contributed by atoms with Gasteiger partial charge in [-0.25, -0.2) is 8.78 Å². The first-order valence-corrected chi connectivity index (χ1v) is 6.70. The summed E-state index contributed by atoms with van der Waals surface area (Å²) in [6.07, 6.45) is 2.09. The van der Waals surface area contributed by atoms with Gasteiger partial charge in [-0.05, 0) is 48.7 Å². The van der Waals surface area contributed by atoms with Crippen molar-refractivity contribution in [2.24, 2.45) is 0 Å². The highest BCUT2D eigenvalue weighted by molar-refractivity contribution is 5.67. The predicted molar refractivity (Wildman–Crippen MR) is 77.7 cm³/mol. The summed E-state index contributed by atoms with van der Waals surface area (Å²) in [5.74, 6) is -1.17. The van der Waals surface area contributed by atoms with Gasteiger partial charge in [0.25, 0.3) is 0 Å². The maximum Gasteiger partial charge on any atom is 0.149 e. The zero-order chi connectivity index (χ0) is 14.1. The van der Waals surface area contributed by atoms with Crippen LogP contribution in [0.4, 0.5) is 25.8 Å². The molecule has 1 heterocycles. The summed E-state index contributed by atoms with van der Waals surface area (Å²) in [7, 11) is 2.06. The van der Waals surface area contributed by atoms with E-state index in [1.165, 1.54) is 29.4 Å². The molecule has 4 heteroatoms. The first-order chi connectivity index (χ1) is 9.65.